The monoisotopic (exact) mass is 294 g/mol. The van der Waals surface area contributed by atoms with Gasteiger partial charge in [0.15, 0.2) is 0 Å². The van der Waals surface area contributed by atoms with Crippen LogP contribution in [0.1, 0.15) is 51.5 Å². The molecule has 5 heteroatoms. The van der Waals surface area contributed by atoms with Gasteiger partial charge in [-0.3, -0.25) is 0 Å². The van der Waals surface area contributed by atoms with Gasteiger partial charge in [-0.15, -0.1) is 0 Å². The Morgan fingerprint density at radius 3 is 2.57 bits per heavy atom. The van der Waals surface area contributed by atoms with Crippen molar-refractivity contribution in [3.8, 4) is 5.75 Å². The Morgan fingerprint density at radius 1 is 1.19 bits per heavy atom. The topological polar surface area (TPSA) is 58.9 Å². The van der Waals surface area contributed by atoms with Crippen molar-refractivity contribution in [2.75, 3.05) is 7.11 Å². The number of methoxy groups -OCH3 is 1. The van der Waals surface area contributed by atoms with E-state index in [-0.39, 0.29) is 6.10 Å². The highest BCUT2D eigenvalue weighted by Gasteiger charge is 2.17. The number of hydrogen-bond donors (Lipinski definition) is 2. The minimum Gasteiger partial charge on any atom is -0.497 e. The molecule has 0 fully saturated rings. The van der Waals surface area contributed by atoms with Crippen molar-refractivity contribution in [1.82, 2.24) is 0 Å². The van der Waals surface area contributed by atoms with E-state index >= 15 is 0 Å². The van der Waals surface area contributed by atoms with Crippen molar-refractivity contribution in [2.45, 2.75) is 58.7 Å². The van der Waals surface area contributed by atoms with Crippen molar-refractivity contribution in [1.29, 1.82) is 0 Å². The average Bonchev–Trinajstić information content (AvgIpc) is 2.49. The van der Waals surface area contributed by atoms with Gasteiger partial charge >= 0.3 is 7.12 Å². The van der Waals surface area contributed by atoms with Crippen LogP contribution < -0.4 is 10.2 Å². The lowest BCUT2D eigenvalue weighted by Crippen LogP contribution is -2.31. The van der Waals surface area contributed by atoms with Crippen LogP contribution >= 0.6 is 0 Å². The Kier molecular flexibility index (Phi) is 8.42. The summed E-state index contributed by atoms with van der Waals surface area (Å²) in [6.07, 6.45) is 6.25. The van der Waals surface area contributed by atoms with E-state index in [2.05, 4.69) is 13.8 Å². The van der Waals surface area contributed by atoms with Crippen molar-refractivity contribution in [3.05, 3.63) is 23.8 Å². The third-order valence-corrected chi connectivity index (χ3v) is 3.57. The van der Waals surface area contributed by atoms with E-state index in [1.165, 1.54) is 32.8 Å². The summed E-state index contributed by atoms with van der Waals surface area (Å²) in [6.45, 7) is 4.76. The Hall–Kier alpha value is -1.04. The molecule has 21 heavy (non-hydrogen) atoms. The lowest BCUT2D eigenvalue weighted by Gasteiger charge is -2.14. The van der Waals surface area contributed by atoms with Gasteiger partial charge in [-0.2, -0.15) is 0 Å². The van der Waals surface area contributed by atoms with Crippen molar-refractivity contribution in [3.63, 3.8) is 0 Å². The second-order valence-corrected chi connectivity index (χ2v) is 5.42. The van der Waals surface area contributed by atoms with E-state index in [4.69, 9.17) is 9.47 Å². The Morgan fingerprint density at radius 2 is 1.95 bits per heavy atom. The third kappa shape index (κ3) is 6.51. The molecule has 0 heterocycles. The van der Waals surface area contributed by atoms with Gasteiger partial charge in [0.05, 0.1) is 19.8 Å². The summed E-state index contributed by atoms with van der Waals surface area (Å²) >= 11 is 0. The standard InChI is InChI=1S/C16H27BO4/c1-4-5-6-7-8-13(2)21-12-14-9-10-16(20-3)15(11-14)17(18)19/h9-11,13,18-19H,4-8,12H2,1-3H3. The van der Waals surface area contributed by atoms with E-state index in [1.807, 2.05) is 6.07 Å². The molecule has 0 amide bonds. The maximum atomic E-state index is 9.34. The molecule has 0 aliphatic carbocycles. The predicted molar refractivity (Wildman–Crippen MR) is 85.8 cm³/mol. The van der Waals surface area contributed by atoms with Crippen LogP contribution in [0, 0.1) is 0 Å². The molecule has 1 atom stereocenters. The molecule has 0 saturated carbocycles. The van der Waals surface area contributed by atoms with Gasteiger partial charge in [-0.05, 0) is 25.0 Å². The van der Waals surface area contributed by atoms with Crippen molar-refractivity contribution < 1.29 is 19.5 Å². The van der Waals surface area contributed by atoms with E-state index in [0.29, 0.717) is 17.8 Å². The third-order valence-electron chi connectivity index (χ3n) is 3.57. The van der Waals surface area contributed by atoms with Crippen LogP contribution in [0.4, 0.5) is 0 Å². The van der Waals surface area contributed by atoms with Gasteiger partial charge in [0.25, 0.3) is 0 Å². The van der Waals surface area contributed by atoms with Gasteiger partial charge in [0, 0.05) is 5.46 Å². The molecule has 118 valence electrons. The van der Waals surface area contributed by atoms with Crippen LogP contribution in [0.15, 0.2) is 18.2 Å². The first kappa shape index (κ1) is 18.0. The summed E-state index contributed by atoms with van der Waals surface area (Å²) in [5.74, 6) is 0.473. The lowest BCUT2D eigenvalue weighted by molar-refractivity contribution is 0.0459. The maximum absolute atomic E-state index is 9.34. The molecule has 1 aromatic rings. The first-order chi connectivity index (χ1) is 10.1. The largest absolute Gasteiger partial charge is 0.497 e. The zero-order valence-electron chi connectivity index (χ0n) is 13.3. The van der Waals surface area contributed by atoms with Crippen LogP contribution in [0.25, 0.3) is 0 Å². The molecule has 2 N–H and O–H groups in total. The molecule has 0 aliphatic heterocycles. The fourth-order valence-corrected chi connectivity index (χ4v) is 2.26. The SMILES string of the molecule is CCCCCCC(C)OCc1ccc(OC)c(B(O)O)c1. The molecule has 0 aromatic heterocycles. The number of hydrogen-bond acceptors (Lipinski definition) is 4. The summed E-state index contributed by atoms with van der Waals surface area (Å²) in [4.78, 5) is 0. The number of unbranched alkanes of at least 4 members (excludes halogenated alkanes) is 3. The molecule has 1 rings (SSSR count). The van der Waals surface area contributed by atoms with Crippen LogP contribution in [0.2, 0.25) is 0 Å². The maximum Gasteiger partial charge on any atom is 0.492 e. The highest BCUT2D eigenvalue weighted by Crippen LogP contribution is 2.13. The fraction of sp³-hybridized carbons (Fsp3) is 0.625. The minimum absolute atomic E-state index is 0.214. The number of benzene rings is 1. The lowest BCUT2D eigenvalue weighted by atomic mass is 9.79. The molecule has 0 aliphatic rings. The van der Waals surface area contributed by atoms with E-state index in [1.54, 1.807) is 12.1 Å². The zero-order valence-corrected chi connectivity index (χ0v) is 13.3. The molecular formula is C16H27BO4. The summed E-state index contributed by atoms with van der Waals surface area (Å²) in [6, 6.07) is 5.33. The zero-order chi connectivity index (χ0) is 15.7. The van der Waals surface area contributed by atoms with Crippen molar-refractivity contribution in [2.24, 2.45) is 0 Å². The summed E-state index contributed by atoms with van der Waals surface area (Å²) in [5.41, 5.74) is 1.29. The fourth-order valence-electron chi connectivity index (χ4n) is 2.26. The molecule has 0 bridgehead atoms. The molecule has 0 spiro atoms. The van der Waals surface area contributed by atoms with Crippen molar-refractivity contribution >= 4 is 12.6 Å². The minimum atomic E-state index is -1.54. The summed E-state index contributed by atoms with van der Waals surface area (Å²) < 4.78 is 10.9. The Labute approximate surface area is 128 Å². The van der Waals surface area contributed by atoms with Gasteiger partial charge in [-0.25, -0.2) is 0 Å². The quantitative estimate of drug-likeness (QED) is 0.513. The smallest absolute Gasteiger partial charge is 0.492 e. The molecule has 1 aromatic carbocycles. The highest BCUT2D eigenvalue weighted by atomic mass is 16.5. The van der Waals surface area contributed by atoms with Gasteiger partial charge in [0.1, 0.15) is 5.75 Å². The Balaban J connectivity index is 2.46. The number of rotatable bonds is 10. The molecule has 0 radical (unpaired) electrons. The van der Waals surface area contributed by atoms with Crippen LogP contribution in [0.3, 0.4) is 0 Å². The van der Waals surface area contributed by atoms with Gasteiger partial charge in [0.2, 0.25) is 0 Å². The van der Waals surface area contributed by atoms with E-state index in [0.717, 1.165) is 12.0 Å². The predicted octanol–water partition coefficient (Wildman–Crippen LogP) is 2.25. The highest BCUT2D eigenvalue weighted by molar-refractivity contribution is 6.59. The molecular weight excluding hydrogens is 267 g/mol. The van der Waals surface area contributed by atoms with Crippen LogP contribution in [0.5, 0.6) is 5.75 Å². The first-order valence-corrected chi connectivity index (χ1v) is 7.73. The van der Waals surface area contributed by atoms with E-state index in [9.17, 15) is 10.0 Å². The number of ether oxygens (including phenoxy) is 2. The second kappa shape index (κ2) is 9.82. The normalized spacial score (nSPS) is 12.2. The average molecular weight is 294 g/mol. The molecule has 1 unspecified atom stereocenters. The van der Waals surface area contributed by atoms with E-state index < -0.39 is 7.12 Å². The van der Waals surface area contributed by atoms with Gasteiger partial charge < -0.3 is 19.5 Å². The Bertz CT molecular complexity index is 409. The van der Waals surface area contributed by atoms with Crippen LogP contribution in [-0.2, 0) is 11.3 Å². The van der Waals surface area contributed by atoms with Crippen LogP contribution in [-0.4, -0.2) is 30.4 Å². The molecule has 4 nitrogen and oxygen atoms in total. The second-order valence-electron chi connectivity index (χ2n) is 5.42. The van der Waals surface area contributed by atoms with Gasteiger partial charge in [-0.1, -0.05) is 44.7 Å². The summed E-state index contributed by atoms with van der Waals surface area (Å²) in [7, 11) is -0.0261. The first-order valence-electron chi connectivity index (χ1n) is 7.73. The molecule has 0 saturated heterocycles. The summed E-state index contributed by atoms with van der Waals surface area (Å²) in [5, 5.41) is 18.7.